The van der Waals surface area contributed by atoms with E-state index in [2.05, 4.69) is 5.32 Å². The molecule has 0 aliphatic heterocycles. The lowest BCUT2D eigenvalue weighted by Gasteiger charge is -2.08. The molecule has 0 bridgehead atoms. The summed E-state index contributed by atoms with van der Waals surface area (Å²) in [5.41, 5.74) is 3.85. The van der Waals surface area contributed by atoms with E-state index >= 15 is 0 Å². The highest BCUT2D eigenvalue weighted by atomic mass is 16.5. The van der Waals surface area contributed by atoms with Gasteiger partial charge in [-0.2, -0.15) is 0 Å². The molecule has 7 nitrogen and oxygen atoms in total. The number of carbonyl (C=O) groups excluding carboxylic acids is 1. The van der Waals surface area contributed by atoms with E-state index in [1.54, 1.807) is 29.0 Å². The Kier molecular flexibility index (Phi) is 6.69. The third-order valence-corrected chi connectivity index (χ3v) is 5.18. The zero-order valence-corrected chi connectivity index (χ0v) is 18.7. The van der Waals surface area contributed by atoms with Crippen molar-refractivity contribution in [1.82, 2.24) is 14.1 Å². The molecule has 0 amide bonds. The van der Waals surface area contributed by atoms with Crippen molar-refractivity contribution in [3.05, 3.63) is 106 Å². The van der Waals surface area contributed by atoms with Crippen molar-refractivity contribution in [2.24, 2.45) is 0 Å². The number of benzene rings is 2. The van der Waals surface area contributed by atoms with Crippen molar-refractivity contribution in [1.29, 1.82) is 0 Å². The van der Waals surface area contributed by atoms with Crippen molar-refractivity contribution in [3.63, 3.8) is 0 Å². The number of ether oxygens (including phenoxy) is 1. The fraction of sp³-hybridized carbons (Fsp3) is 0.192. The maximum absolute atomic E-state index is 13.4. The van der Waals surface area contributed by atoms with Crippen molar-refractivity contribution < 1.29 is 9.53 Å². The molecule has 0 aliphatic carbocycles. The summed E-state index contributed by atoms with van der Waals surface area (Å²) in [4.78, 5) is 29.9. The molecule has 7 heteroatoms. The Morgan fingerprint density at radius 2 is 1.55 bits per heavy atom. The van der Waals surface area contributed by atoms with Gasteiger partial charge >= 0.3 is 11.7 Å². The summed E-state index contributed by atoms with van der Waals surface area (Å²) in [6.45, 7) is 4.70. The number of allylic oxidation sites excluding steroid dienone is 1. The molecule has 0 spiro atoms. The number of anilines is 1. The Balaban J connectivity index is 1.75. The molecule has 0 unspecified atom stereocenters. The van der Waals surface area contributed by atoms with Crippen LogP contribution in [-0.2, 0) is 22.6 Å². The molecule has 33 heavy (non-hydrogen) atoms. The predicted octanol–water partition coefficient (Wildman–Crippen LogP) is 4.17. The van der Waals surface area contributed by atoms with Gasteiger partial charge in [-0.25, -0.2) is 14.6 Å². The average molecular weight is 443 g/mol. The van der Waals surface area contributed by atoms with E-state index in [4.69, 9.17) is 9.72 Å². The van der Waals surface area contributed by atoms with Gasteiger partial charge in [0.1, 0.15) is 5.82 Å². The number of esters is 1. The summed E-state index contributed by atoms with van der Waals surface area (Å²) in [6.07, 6.45) is 1.38. The molecule has 0 aliphatic rings. The molecular weight excluding hydrogens is 416 g/mol. The van der Waals surface area contributed by atoms with Gasteiger partial charge in [-0.1, -0.05) is 60.7 Å². The number of nitrogens with zero attached hydrogens (tertiary/aromatic N) is 3. The van der Waals surface area contributed by atoms with Gasteiger partial charge in [0.25, 0.3) is 0 Å². The van der Waals surface area contributed by atoms with Gasteiger partial charge < -0.3 is 10.1 Å². The normalized spacial score (nSPS) is 11.5. The number of rotatable bonds is 8. The number of carbonyl (C=O) groups is 1. The first-order chi connectivity index (χ1) is 16.0. The topological polar surface area (TPSA) is 78.2 Å². The lowest BCUT2D eigenvalue weighted by Crippen LogP contribution is -2.25. The standard InChI is InChI=1S/C26H26N4O3/c1-3-33-24(31)16-19(2)27-23-15-14-22-25(28-23)30(18-21-12-8-5-9-13-21)26(32)29(22)17-20-10-6-4-7-11-20/h4-16H,3,17-18H2,1-2H3,(H,27,28). The lowest BCUT2D eigenvalue weighted by atomic mass is 10.2. The molecule has 1 N–H and O–H groups in total. The van der Waals surface area contributed by atoms with Gasteiger partial charge in [0, 0.05) is 11.8 Å². The van der Waals surface area contributed by atoms with E-state index in [1.165, 1.54) is 6.08 Å². The second-order valence-electron chi connectivity index (χ2n) is 7.67. The average Bonchev–Trinajstić information content (AvgIpc) is 3.06. The van der Waals surface area contributed by atoms with Crippen LogP contribution in [0.15, 0.2) is 89.4 Å². The summed E-state index contributed by atoms with van der Waals surface area (Å²) >= 11 is 0. The first-order valence-electron chi connectivity index (χ1n) is 10.8. The van der Waals surface area contributed by atoms with Gasteiger partial charge in [-0.15, -0.1) is 0 Å². The Bertz CT molecular complexity index is 1340. The van der Waals surface area contributed by atoms with Crippen LogP contribution in [0.5, 0.6) is 0 Å². The van der Waals surface area contributed by atoms with E-state index in [-0.39, 0.29) is 5.69 Å². The molecule has 0 radical (unpaired) electrons. The molecular formula is C26H26N4O3. The van der Waals surface area contributed by atoms with Crippen LogP contribution in [0.25, 0.3) is 11.2 Å². The van der Waals surface area contributed by atoms with Crippen LogP contribution in [0.4, 0.5) is 5.82 Å². The minimum atomic E-state index is -0.418. The van der Waals surface area contributed by atoms with Crippen LogP contribution < -0.4 is 11.0 Å². The Morgan fingerprint density at radius 3 is 2.15 bits per heavy atom. The molecule has 2 aromatic heterocycles. The zero-order chi connectivity index (χ0) is 23.2. The SMILES string of the molecule is CCOC(=O)C=C(C)Nc1ccc2c(n1)n(Cc1ccccc1)c(=O)n2Cc1ccccc1. The number of hydrogen-bond donors (Lipinski definition) is 1. The summed E-state index contributed by atoms with van der Waals surface area (Å²) in [6, 6.07) is 23.4. The van der Waals surface area contributed by atoms with Crippen molar-refractivity contribution in [2.75, 3.05) is 11.9 Å². The molecule has 4 aromatic rings. The van der Waals surface area contributed by atoms with Crippen molar-refractivity contribution >= 4 is 23.0 Å². The largest absolute Gasteiger partial charge is 0.463 e. The molecule has 4 rings (SSSR count). The molecule has 0 atom stereocenters. The van der Waals surface area contributed by atoms with Gasteiger partial charge in [0.05, 0.1) is 25.2 Å². The minimum absolute atomic E-state index is 0.124. The summed E-state index contributed by atoms with van der Waals surface area (Å²) in [5.74, 6) is 0.123. The highest BCUT2D eigenvalue weighted by Gasteiger charge is 2.16. The Hall–Kier alpha value is -4.13. The maximum Gasteiger partial charge on any atom is 0.332 e. The molecule has 168 valence electrons. The van der Waals surface area contributed by atoms with Crippen molar-refractivity contribution in [2.45, 2.75) is 26.9 Å². The summed E-state index contributed by atoms with van der Waals surface area (Å²) in [7, 11) is 0. The molecule has 2 aromatic carbocycles. The molecule has 0 saturated heterocycles. The fourth-order valence-corrected chi connectivity index (χ4v) is 3.69. The number of aromatic nitrogens is 3. The number of fused-ring (bicyclic) bond motifs is 1. The lowest BCUT2D eigenvalue weighted by molar-refractivity contribution is -0.137. The highest BCUT2D eigenvalue weighted by Crippen LogP contribution is 2.18. The second-order valence-corrected chi connectivity index (χ2v) is 7.67. The Labute approximate surface area is 192 Å². The molecule has 0 fully saturated rings. The third-order valence-electron chi connectivity index (χ3n) is 5.18. The number of nitrogens with one attached hydrogen (secondary N) is 1. The second kappa shape index (κ2) is 9.99. The van der Waals surface area contributed by atoms with E-state index in [1.807, 2.05) is 66.7 Å². The van der Waals surface area contributed by atoms with Crippen LogP contribution in [0.1, 0.15) is 25.0 Å². The van der Waals surface area contributed by atoms with Crippen LogP contribution in [0.3, 0.4) is 0 Å². The predicted molar refractivity (Wildman–Crippen MR) is 129 cm³/mol. The summed E-state index contributed by atoms with van der Waals surface area (Å²) in [5, 5.41) is 3.12. The quantitative estimate of drug-likeness (QED) is 0.327. The fourth-order valence-electron chi connectivity index (χ4n) is 3.69. The van der Waals surface area contributed by atoms with E-state index < -0.39 is 5.97 Å². The van der Waals surface area contributed by atoms with E-state index in [0.717, 1.165) is 16.6 Å². The van der Waals surface area contributed by atoms with Crippen molar-refractivity contribution in [3.8, 4) is 0 Å². The van der Waals surface area contributed by atoms with Crippen LogP contribution in [0.2, 0.25) is 0 Å². The van der Waals surface area contributed by atoms with E-state index in [9.17, 15) is 9.59 Å². The van der Waals surface area contributed by atoms with Crippen LogP contribution in [-0.4, -0.2) is 26.7 Å². The van der Waals surface area contributed by atoms with Gasteiger partial charge in [0.15, 0.2) is 5.65 Å². The van der Waals surface area contributed by atoms with Crippen LogP contribution >= 0.6 is 0 Å². The zero-order valence-electron chi connectivity index (χ0n) is 18.7. The smallest absolute Gasteiger partial charge is 0.332 e. The van der Waals surface area contributed by atoms with Gasteiger partial charge in [0.2, 0.25) is 0 Å². The first-order valence-corrected chi connectivity index (χ1v) is 10.8. The third kappa shape index (κ3) is 5.20. The highest BCUT2D eigenvalue weighted by molar-refractivity contribution is 5.83. The number of pyridine rings is 1. The molecule has 0 saturated carbocycles. The van der Waals surface area contributed by atoms with Crippen LogP contribution in [0, 0.1) is 0 Å². The Morgan fingerprint density at radius 1 is 0.939 bits per heavy atom. The minimum Gasteiger partial charge on any atom is -0.463 e. The number of imidazole rings is 1. The maximum atomic E-state index is 13.4. The monoisotopic (exact) mass is 442 g/mol. The first kappa shape index (κ1) is 22.1. The van der Waals surface area contributed by atoms with E-state index in [0.29, 0.717) is 36.9 Å². The molecule has 2 heterocycles. The van der Waals surface area contributed by atoms with Gasteiger partial charge in [-0.3, -0.25) is 9.13 Å². The summed E-state index contributed by atoms with van der Waals surface area (Å²) < 4.78 is 8.38. The van der Waals surface area contributed by atoms with Gasteiger partial charge in [-0.05, 0) is 37.1 Å². The number of hydrogen-bond acceptors (Lipinski definition) is 5.